The second-order valence-electron chi connectivity index (χ2n) is 15.7. The Labute approximate surface area is 317 Å². The van der Waals surface area contributed by atoms with E-state index in [4.69, 9.17) is 15.0 Å². The lowest BCUT2D eigenvalue weighted by Gasteiger charge is -2.22. The van der Waals surface area contributed by atoms with Crippen LogP contribution in [0.2, 0.25) is 0 Å². The van der Waals surface area contributed by atoms with E-state index in [1.165, 1.54) is 44.5 Å². The minimum atomic E-state index is -0.143. The van der Waals surface area contributed by atoms with Gasteiger partial charge in [0.2, 0.25) is 0 Å². The first-order valence-corrected chi connectivity index (χ1v) is 18.8. The van der Waals surface area contributed by atoms with Crippen LogP contribution >= 0.6 is 0 Å². The van der Waals surface area contributed by atoms with Gasteiger partial charge in [0.1, 0.15) is 0 Å². The highest BCUT2D eigenvalue weighted by Gasteiger charge is 2.37. The van der Waals surface area contributed by atoms with Gasteiger partial charge in [-0.1, -0.05) is 161 Å². The Morgan fingerprint density at radius 3 is 1.07 bits per heavy atom. The van der Waals surface area contributed by atoms with Gasteiger partial charge in [-0.25, -0.2) is 15.0 Å². The zero-order valence-electron chi connectivity index (χ0n) is 30.9. The van der Waals surface area contributed by atoms with Crippen LogP contribution in [0.1, 0.15) is 49.9 Å². The van der Waals surface area contributed by atoms with Crippen molar-refractivity contribution in [1.82, 2.24) is 15.0 Å². The van der Waals surface area contributed by atoms with Gasteiger partial charge in [0.05, 0.1) is 0 Å². The molecule has 7 aromatic carbocycles. The molecule has 10 rings (SSSR count). The molecule has 0 N–H and O–H groups in total. The van der Waals surface area contributed by atoms with E-state index >= 15 is 0 Å². The van der Waals surface area contributed by atoms with Crippen LogP contribution in [0.15, 0.2) is 164 Å². The molecule has 258 valence electrons. The number of hydrogen-bond acceptors (Lipinski definition) is 3. The summed E-state index contributed by atoms with van der Waals surface area (Å²) in [5.74, 6) is 1.98. The van der Waals surface area contributed by atoms with Gasteiger partial charge in [0.25, 0.3) is 0 Å². The van der Waals surface area contributed by atoms with Gasteiger partial charge in [0.15, 0.2) is 17.5 Å². The summed E-state index contributed by atoms with van der Waals surface area (Å²) in [5, 5.41) is 0. The summed E-state index contributed by atoms with van der Waals surface area (Å²) in [7, 11) is 0. The summed E-state index contributed by atoms with van der Waals surface area (Å²) < 4.78 is 0. The summed E-state index contributed by atoms with van der Waals surface area (Å²) in [5.41, 5.74) is 17.6. The third-order valence-electron chi connectivity index (χ3n) is 11.7. The second kappa shape index (κ2) is 12.0. The Morgan fingerprint density at radius 2 is 0.630 bits per heavy atom. The Hall–Kier alpha value is -6.45. The molecule has 0 radical (unpaired) electrons. The maximum absolute atomic E-state index is 5.30. The number of fused-ring (bicyclic) bond motifs is 6. The van der Waals surface area contributed by atoms with E-state index in [2.05, 4.69) is 191 Å². The summed E-state index contributed by atoms with van der Waals surface area (Å²) in [6.45, 7) is 9.26. The lowest BCUT2D eigenvalue weighted by atomic mass is 9.82. The molecule has 3 heteroatoms. The van der Waals surface area contributed by atoms with Crippen LogP contribution in [0.5, 0.6) is 0 Å². The molecule has 1 heterocycles. The van der Waals surface area contributed by atoms with Crippen molar-refractivity contribution in [3.8, 4) is 78.7 Å². The van der Waals surface area contributed by atoms with Gasteiger partial charge >= 0.3 is 0 Å². The molecule has 8 aromatic rings. The molecule has 54 heavy (non-hydrogen) atoms. The first-order valence-electron chi connectivity index (χ1n) is 18.8. The predicted molar refractivity (Wildman–Crippen MR) is 222 cm³/mol. The lowest BCUT2D eigenvalue weighted by Crippen LogP contribution is -2.15. The standard InChI is InChI=1S/C51H39N3/c1-50(2)43-21-13-11-19-39(43)41-25-23-34(30-45(41)50)47-52-48(35-24-26-42-40-20-12-14-22-44(40)51(3,4)46(42)31-35)54-49(53-47)38-28-36(32-15-7-5-8-16-32)27-37(29-38)33-17-9-6-10-18-33/h5-31H,1-4H3. The highest BCUT2D eigenvalue weighted by molar-refractivity contribution is 5.86. The maximum atomic E-state index is 5.30. The van der Waals surface area contributed by atoms with E-state index in [1.807, 2.05) is 0 Å². The fraction of sp³-hybridized carbons (Fsp3) is 0.118. The molecule has 0 atom stereocenters. The van der Waals surface area contributed by atoms with Crippen molar-refractivity contribution < 1.29 is 0 Å². The third kappa shape index (κ3) is 5.07. The predicted octanol–water partition coefficient (Wildman–Crippen LogP) is 12.8. The summed E-state index contributed by atoms with van der Waals surface area (Å²) >= 11 is 0. The minimum absolute atomic E-state index is 0.143. The molecular formula is C51H39N3. The summed E-state index contributed by atoms with van der Waals surface area (Å²) in [4.78, 5) is 15.9. The van der Waals surface area contributed by atoms with Crippen molar-refractivity contribution in [2.45, 2.75) is 38.5 Å². The fourth-order valence-electron chi connectivity index (χ4n) is 8.80. The number of benzene rings is 7. The Kier molecular flexibility index (Phi) is 7.19. The molecule has 0 aliphatic heterocycles. The van der Waals surface area contributed by atoms with Crippen LogP contribution in [-0.2, 0) is 10.8 Å². The van der Waals surface area contributed by atoms with Gasteiger partial charge in [-0.05, 0) is 97.1 Å². The van der Waals surface area contributed by atoms with Gasteiger partial charge in [-0.2, -0.15) is 0 Å². The zero-order chi connectivity index (χ0) is 36.6. The quantitative estimate of drug-likeness (QED) is 0.180. The van der Waals surface area contributed by atoms with Crippen molar-refractivity contribution in [2.24, 2.45) is 0 Å². The van der Waals surface area contributed by atoms with Gasteiger partial charge in [0, 0.05) is 27.5 Å². The maximum Gasteiger partial charge on any atom is 0.164 e. The van der Waals surface area contributed by atoms with Crippen LogP contribution < -0.4 is 0 Å². The van der Waals surface area contributed by atoms with Gasteiger partial charge in [-0.3, -0.25) is 0 Å². The van der Waals surface area contributed by atoms with Crippen molar-refractivity contribution in [1.29, 1.82) is 0 Å². The van der Waals surface area contributed by atoms with Crippen molar-refractivity contribution >= 4 is 0 Å². The van der Waals surface area contributed by atoms with E-state index in [0.29, 0.717) is 17.5 Å². The van der Waals surface area contributed by atoms with E-state index in [-0.39, 0.29) is 10.8 Å². The monoisotopic (exact) mass is 693 g/mol. The Morgan fingerprint density at radius 1 is 0.278 bits per heavy atom. The molecule has 0 saturated carbocycles. The minimum Gasteiger partial charge on any atom is -0.208 e. The van der Waals surface area contributed by atoms with Crippen LogP contribution in [0.4, 0.5) is 0 Å². The topological polar surface area (TPSA) is 38.7 Å². The van der Waals surface area contributed by atoms with Crippen molar-refractivity contribution in [2.75, 3.05) is 0 Å². The molecule has 0 saturated heterocycles. The molecule has 0 amide bonds. The zero-order valence-corrected chi connectivity index (χ0v) is 30.9. The molecule has 0 fully saturated rings. The normalized spacial score (nSPS) is 14.2. The molecule has 0 unspecified atom stereocenters. The lowest BCUT2D eigenvalue weighted by molar-refractivity contribution is 0.660. The smallest absolute Gasteiger partial charge is 0.164 e. The van der Waals surface area contributed by atoms with Crippen LogP contribution in [0.3, 0.4) is 0 Å². The highest BCUT2D eigenvalue weighted by atomic mass is 15.0. The number of aromatic nitrogens is 3. The van der Waals surface area contributed by atoms with Gasteiger partial charge < -0.3 is 0 Å². The van der Waals surface area contributed by atoms with E-state index in [9.17, 15) is 0 Å². The first-order chi connectivity index (χ1) is 26.3. The average molecular weight is 694 g/mol. The van der Waals surface area contributed by atoms with E-state index < -0.39 is 0 Å². The molecule has 2 aliphatic rings. The number of nitrogens with zero attached hydrogens (tertiary/aromatic N) is 3. The van der Waals surface area contributed by atoms with Crippen LogP contribution in [-0.4, -0.2) is 15.0 Å². The SMILES string of the molecule is CC1(C)c2ccccc2-c2ccc(-c3nc(-c4cc(-c5ccccc5)cc(-c5ccccc5)c4)nc(-c4ccc5c(c4)C(C)(C)c4ccccc4-5)n3)cc21. The van der Waals surface area contributed by atoms with Crippen LogP contribution in [0, 0.1) is 0 Å². The third-order valence-corrected chi connectivity index (χ3v) is 11.7. The molecule has 1 aromatic heterocycles. The Bertz CT molecular complexity index is 2580. The van der Waals surface area contributed by atoms with Gasteiger partial charge in [-0.15, -0.1) is 0 Å². The number of hydrogen-bond donors (Lipinski definition) is 0. The number of rotatable bonds is 5. The molecule has 3 nitrogen and oxygen atoms in total. The average Bonchev–Trinajstić information content (AvgIpc) is 3.60. The summed E-state index contributed by atoms with van der Waals surface area (Å²) in [6, 6.07) is 58.8. The first kappa shape index (κ1) is 32.2. The molecule has 0 bridgehead atoms. The fourth-order valence-corrected chi connectivity index (χ4v) is 8.80. The summed E-state index contributed by atoms with van der Waals surface area (Å²) in [6.07, 6.45) is 0. The Balaban J connectivity index is 1.19. The highest BCUT2D eigenvalue weighted by Crippen LogP contribution is 2.51. The largest absolute Gasteiger partial charge is 0.208 e. The molecule has 2 aliphatic carbocycles. The van der Waals surface area contributed by atoms with Crippen molar-refractivity contribution in [3.05, 3.63) is 186 Å². The van der Waals surface area contributed by atoms with E-state index in [0.717, 1.165) is 38.9 Å². The van der Waals surface area contributed by atoms with Crippen molar-refractivity contribution in [3.63, 3.8) is 0 Å². The molecular weight excluding hydrogens is 655 g/mol. The van der Waals surface area contributed by atoms with E-state index in [1.54, 1.807) is 0 Å². The second-order valence-corrected chi connectivity index (χ2v) is 15.7. The van der Waals surface area contributed by atoms with Crippen LogP contribution in [0.25, 0.3) is 78.7 Å². The molecule has 0 spiro atoms.